The third kappa shape index (κ3) is 5.68. The molecule has 1 aliphatic heterocycles. The van der Waals surface area contributed by atoms with E-state index in [0.29, 0.717) is 37.6 Å². The van der Waals surface area contributed by atoms with E-state index in [0.717, 1.165) is 19.5 Å². The minimum Gasteiger partial charge on any atom is -0.459 e. The van der Waals surface area contributed by atoms with E-state index in [9.17, 15) is 14.4 Å². The maximum atomic E-state index is 12.3. The molecule has 1 fully saturated rings. The molecule has 8 nitrogen and oxygen atoms in total. The predicted octanol–water partition coefficient (Wildman–Crippen LogP) is -0.0624. The molecule has 29 heavy (non-hydrogen) atoms. The van der Waals surface area contributed by atoms with Crippen molar-refractivity contribution in [2.75, 3.05) is 44.6 Å². The Kier molecular flexibility index (Phi) is 7.02. The number of piperazine rings is 1. The van der Waals surface area contributed by atoms with Crippen LogP contribution >= 0.6 is 0 Å². The molecule has 3 rings (SSSR count). The lowest BCUT2D eigenvalue weighted by atomic mass is 10.1. The second-order valence-electron chi connectivity index (χ2n) is 7.03. The molecular formula is C21H27N4O4+. The van der Waals surface area contributed by atoms with Crippen LogP contribution in [0.1, 0.15) is 23.0 Å². The minimum atomic E-state index is -0.668. The van der Waals surface area contributed by atoms with Crippen molar-refractivity contribution in [2.45, 2.75) is 13.3 Å². The number of hydrogen-bond donors (Lipinski definition) is 3. The van der Waals surface area contributed by atoms with Gasteiger partial charge >= 0.3 is 11.8 Å². The highest BCUT2D eigenvalue weighted by Gasteiger charge is 2.25. The van der Waals surface area contributed by atoms with E-state index < -0.39 is 11.8 Å². The van der Waals surface area contributed by atoms with Crippen LogP contribution in [0.2, 0.25) is 0 Å². The number of hydrogen-bond acceptors (Lipinski definition) is 4. The summed E-state index contributed by atoms with van der Waals surface area (Å²) >= 11 is 0. The first kappa shape index (κ1) is 20.6. The number of quaternary nitrogens is 1. The number of furan rings is 1. The number of rotatable bonds is 6. The Balaban J connectivity index is 1.35. The normalized spacial score (nSPS) is 14.4. The molecule has 2 aromatic rings. The van der Waals surface area contributed by atoms with E-state index in [2.05, 4.69) is 17.6 Å². The smallest absolute Gasteiger partial charge is 0.313 e. The second-order valence-corrected chi connectivity index (χ2v) is 7.03. The quantitative estimate of drug-likeness (QED) is 0.593. The van der Waals surface area contributed by atoms with E-state index in [4.69, 9.17) is 4.42 Å². The maximum absolute atomic E-state index is 12.3. The molecule has 3 amide bonds. The van der Waals surface area contributed by atoms with Gasteiger partial charge in [-0.05, 0) is 36.2 Å². The fraction of sp³-hybridized carbons (Fsp3) is 0.381. The lowest BCUT2D eigenvalue weighted by Gasteiger charge is -2.31. The summed E-state index contributed by atoms with van der Waals surface area (Å²) in [5.74, 6) is -1.05. The van der Waals surface area contributed by atoms with E-state index in [1.54, 1.807) is 29.2 Å². The Hall–Kier alpha value is -3.13. The fourth-order valence-corrected chi connectivity index (χ4v) is 3.28. The highest BCUT2D eigenvalue weighted by atomic mass is 16.3. The van der Waals surface area contributed by atoms with Gasteiger partial charge in [0.15, 0.2) is 5.76 Å². The zero-order valence-corrected chi connectivity index (χ0v) is 16.6. The van der Waals surface area contributed by atoms with Crippen molar-refractivity contribution in [3.63, 3.8) is 0 Å². The molecule has 0 unspecified atom stereocenters. The first-order valence-electron chi connectivity index (χ1n) is 9.91. The third-order valence-electron chi connectivity index (χ3n) is 5.08. The largest absolute Gasteiger partial charge is 0.459 e. The molecular weight excluding hydrogens is 372 g/mol. The van der Waals surface area contributed by atoms with Gasteiger partial charge in [0.25, 0.3) is 5.91 Å². The molecule has 0 bridgehead atoms. The molecule has 1 aromatic carbocycles. The number of carbonyl (C=O) groups is 3. The van der Waals surface area contributed by atoms with Gasteiger partial charge in [0.05, 0.1) is 45.5 Å². The minimum absolute atomic E-state index is 0.0917. The van der Waals surface area contributed by atoms with Gasteiger partial charge in [-0.2, -0.15) is 0 Å². The van der Waals surface area contributed by atoms with E-state index in [1.165, 1.54) is 16.7 Å². The number of benzene rings is 1. The second kappa shape index (κ2) is 9.88. The summed E-state index contributed by atoms with van der Waals surface area (Å²) in [7, 11) is 0. The van der Waals surface area contributed by atoms with Crippen molar-refractivity contribution in [1.82, 2.24) is 10.2 Å². The third-order valence-corrected chi connectivity index (χ3v) is 5.08. The van der Waals surface area contributed by atoms with Gasteiger partial charge in [-0.25, -0.2) is 0 Å². The predicted molar refractivity (Wildman–Crippen MR) is 108 cm³/mol. The molecule has 154 valence electrons. The highest BCUT2D eigenvalue weighted by Crippen LogP contribution is 2.09. The van der Waals surface area contributed by atoms with Crippen molar-refractivity contribution in [3.05, 3.63) is 54.0 Å². The number of anilines is 1. The van der Waals surface area contributed by atoms with Crippen molar-refractivity contribution < 1.29 is 23.7 Å². The molecule has 0 saturated carbocycles. The SMILES string of the molecule is CCc1ccc(NC(=O)C(=O)NCC[NH+]2CCN(C(=O)c3ccco3)CC2)cc1. The lowest BCUT2D eigenvalue weighted by Crippen LogP contribution is -3.15. The monoisotopic (exact) mass is 399 g/mol. The van der Waals surface area contributed by atoms with Gasteiger partial charge in [-0.3, -0.25) is 14.4 Å². The van der Waals surface area contributed by atoms with Crippen LogP contribution in [-0.4, -0.2) is 61.9 Å². The zero-order chi connectivity index (χ0) is 20.6. The molecule has 2 heterocycles. The van der Waals surface area contributed by atoms with Crippen LogP contribution in [0.5, 0.6) is 0 Å². The molecule has 1 aromatic heterocycles. The fourth-order valence-electron chi connectivity index (χ4n) is 3.28. The average molecular weight is 399 g/mol. The summed E-state index contributed by atoms with van der Waals surface area (Å²) in [6.45, 7) is 6.01. The molecule has 1 aliphatic rings. The molecule has 3 N–H and O–H groups in total. The number of carbonyl (C=O) groups excluding carboxylic acids is 3. The number of amides is 3. The molecule has 0 aliphatic carbocycles. The summed E-state index contributed by atoms with van der Waals surface area (Å²) in [6.07, 6.45) is 2.41. The van der Waals surface area contributed by atoms with Crippen LogP contribution in [0, 0.1) is 0 Å². The van der Waals surface area contributed by atoms with Crippen LogP contribution in [0.4, 0.5) is 5.69 Å². The van der Waals surface area contributed by atoms with Crippen molar-refractivity contribution in [3.8, 4) is 0 Å². The Morgan fingerprint density at radius 1 is 1.07 bits per heavy atom. The van der Waals surface area contributed by atoms with E-state index >= 15 is 0 Å². The van der Waals surface area contributed by atoms with Gasteiger partial charge < -0.3 is 24.9 Å². The Bertz CT molecular complexity index is 825. The Labute approximate surface area is 169 Å². The van der Waals surface area contributed by atoms with Crippen LogP contribution in [0.15, 0.2) is 47.1 Å². The summed E-state index contributed by atoms with van der Waals surface area (Å²) in [5.41, 5.74) is 1.77. The van der Waals surface area contributed by atoms with Crippen LogP contribution < -0.4 is 15.5 Å². The van der Waals surface area contributed by atoms with E-state index in [-0.39, 0.29) is 5.91 Å². The van der Waals surface area contributed by atoms with Gasteiger partial charge in [-0.15, -0.1) is 0 Å². The van der Waals surface area contributed by atoms with Crippen LogP contribution in [0.25, 0.3) is 0 Å². The maximum Gasteiger partial charge on any atom is 0.313 e. The van der Waals surface area contributed by atoms with Gasteiger partial charge in [-0.1, -0.05) is 19.1 Å². The van der Waals surface area contributed by atoms with Crippen molar-refractivity contribution in [2.24, 2.45) is 0 Å². The van der Waals surface area contributed by atoms with Gasteiger partial charge in [0.1, 0.15) is 0 Å². The Morgan fingerprint density at radius 2 is 1.79 bits per heavy atom. The first-order chi connectivity index (χ1) is 14.1. The topological polar surface area (TPSA) is 96.1 Å². The molecule has 8 heteroatoms. The number of nitrogens with one attached hydrogen (secondary N) is 3. The molecule has 0 spiro atoms. The number of aryl methyl sites for hydroxylation is 1. The first-order valence-corrected chi connectivity index (χ1v) is 9.91. The number of nitrogens with zero attached hydrogens (tertiary/aromatic N) is 1. The molecule has 0 radical (unpaired) electrons. The zero-order valence-electron chi connectivity index (χ0n) is 16.6. The lowest BCUT2D eigenvalue weighted by molar-refractivity contribution is -0.902. The van der Waals surface area contributed by atoms with Crippen LogP contribution in [-0.2, 0) is 16.0 Å². The van der Waals surface area contributed by atoms with Gasteiger partial charge in [0.2, 0.25) is 0 Å². The Morgan fingerprint density at radius 3 is 2.41 bits per heavy atom. The van der Waals surface area contributed by atoms with Crippen LogP contribution in [0.3, 0.4) is 0 Å². The van der Waals surface area contributed by atoms with E-state index in [1.807, 2.05) is 12.1 Å². The summed E-state index contributed by atoms with van der Waals surface area (Å²) in [6, 6.07) is 10.8. The summed E-state index contributed by atoms with van der Waals surface area (Å²) < 4.78 is 5.16. The van der Waals surface area contributed by atoms with Crippen molar-refractivity contribution in [1.29, 1.82) is 0 Å². The summed E-state index contributed by atoms with van der Waals surface area (Å²) in [5, 5.41) is 5.26. The standard InChI is InChI=1S/C21H26N4O4/c1-2-16-5-7-17(8-6-16)23-20(27)19(26)22-9-10-24-11-13-25(14-12-24)21(28)18-4-3-15-29-18/h3-8,15H,2,9-14H2,1H3,(H,22,26)(H,23,27)/p+1. The van der Waals surface area contributed by atoms with Gasteiger partial charge in [0, 0.05) is 5.69 Å². The molecule has 0 atom stereocenters. The average Bonchev–Trinajstić information content (AvgIpc) is 3.29. The highest BCUT2D eigenvalue weighted by molar-refractivity contribution is 6.39. The molecule has 1 saturated heterocycles. The summed E-state index contributed by atoms with van der Waals surface area (Å²) in [4.78, 5) is 39.3. The van der Waals surface area contributed by atoms with Crippen molar-refractivity contribution >= 4 is 23.4 Å².